The Balaban J connectivity index is 2.08. The minimum absolute atomic E-state index is 0.0629. The monoisotopic (exact) mass is 299 g/mol. The summed E-state index contributed by atoms with van der Waals surface area (Å²) >= 11 is 3.97. The molecular formula is C13H17NO3S2. The summed E-state index contributed by atoms with van der Waals surface area (Å²) < 4.78 is 5.78. The van der Waals surface area contributed by atoms with Crippen molar-refractivity contribution in [3.63, 3.8) is 0 Å². The van der Waals surface area contributed by atoms with E-state index in [0.717, 1.165) is 30.6 Å². The average Bonchev–Trinajstić information content (AvgIpc) is 2.78. The molecule has 4 nitrogen and oxygen atoms in total. The molecule has 2 N–H and O–H groups in total. The first-order chi connectivity index (χ1) is 9.18. The van der Waals surface area contributed by atoms with Gasteiger partial charge in [-0.05, 0) is 37.7 Å². The molecule has 1 aliphatic heterocycles. The van der Waals surface area contributed by atoms with E-state index in [0.29, 0.717) is 0 Å². The Morgan fingerprint density at radius 3 is 2.79 bits per heavy atom. The highest BCUT2D eigenvalue weighted by Gasteiger charge is 2.43. The van der Waals surface area contributed by atoms with Crippen LogP contribution in [0.25, 0.3) is 0 Å². The number of thioether (sulfide) groups is 2. The van der Waals surface area contributed by atoms with Crippen molar-refractivity contribution in [3.05, 3.63) is 22.6 Å². The van der Waals surface area contributed by atoms with Crippen molar-refractivity contribution in [2.45, 2.75) is 36.7 Å². The number of carbonyl (C=O) groups excluding carboxylic acids is 1. The summed E-state index contributed by atoms with van der Waals surface area (Å²) in [5, 5.41) is 8.81. The van der Waals surface area contributed by atoms with E-state index in [1.807, 2.05) is 30.4 Å². The predicted molar refractivity (Wildman–Crippen MR) is 76.8 cm³/mol. The van der Waals surface area contributed by atoms with Gasteiger partial charge in [-0.25, -0.2) is 5.48 Å². The number of aryl methyl sites for hydroxylation is 1. The lowest BCUT2D eigenvalue weighted by Crippen LogP contribution is -2.27. The predicted octanol–water partition coefficient (Wildman–Crippen LogP) is 3.07. The molecule has 1 aromatic rings. The fourth-order valence-corrected chi connectivity index (χ4v) is 6.64. The van der Waals surface area contributed by atoms with Crippen LogP contribution in [0.2, 0.25) is 0 Å². The maximum absolute atomic E-state index is 11.7. The second kappa shape index (κ2) is 5.07. The quantitative estimate of drug-likeness (QED) is 0.616. The van der Waals surface area contributed by atoms with E-state index in [2.05, 4.69) is 0 Å². The van der Waals surface area contributed by atoms with E-state index >= 15 is 0 Å². The minimum Gasteiger partial charge on any atom is -0.455 e. The largest absolute Gasteiger partial charge is 0.455 e. The van der Waals surface area contributed by atoms with Gasteiger partial charge in [0.25, 0.3) is 0 Å². The molecule has 0 atom stereocenters. The number of hydrogen-bond donors (Lipinski definition) is 2. The zero-order valence-electron chi connectivity index (χ0n) is 10.8. The average molecular weight is 299 g/mol. The molecule has 0 radical (unpaired) electrons. The number of hydroxylamine groups is 1. The molecule has 1 aliphatic carbocycles. The fraction of sp³-hybridized carbons (Fsp3) is 0.615. The molecule has 0 unspecified atom stereocenters. The molecule has 1 fully saturated rings. The van der Waals surface area contributed by atoms with Gasteiger partial charge in [0.05, 0.1) is 4.08 Å². The third-order valence-electron chi connectivity index (χ3n) is 3.78. The van der Waals surface area contributed by atoms with Gasteiger partial charge in [0.2, 0.25) is 0 Å². The van der Waals surface area contributed by atoms with E-state index in [9.17, 15) is 4.79 Å². The topological polar surface area (TPSA) is 62.5 Å². The van der Waals surface area contributed by atoms with Crippen LogP contribution in [0.4, 0.5) is 0 Å². The van der Waals surface area contributed by atoms with Crippen LogP contribution in [0.5, 0.6) is 0 Å². The number of rotatable bonds is 1. The van der Waals surface area contributed by atoms with Crippen LogP contribution in [0.3, 0.4) is 0 Å². The van der Waals surface area contributed by atoms with Crippen LogP contribution in [0, 0.1) is 6.92 Å². The molecule has 0 saturated carbocycles. The fourth-order valence-electron chi connectivity index (χ4n) is 2.98. The molecule has 0 bridgehead atoms. The Hall–Kier alpha value is -0.590. The Kier molecular flexibility index (Phi) is 3.57. The van der Waals surface area contributed by atoms with Crippen molar-refractivity contribution in [3.8, 4) is 0 Å². The third-order valence-corrected chi connectivity index (χ3v) is 7.22. The van der Waals surface area contributed by atoms with Crippen molar-refractivity contribution < 1.29 is 14.4 Å². The van der Waals surface area contributed by atoms with Gasteiger partial charge in [-0.2, -0.15) is 0 Å². The van der Waals surface area contributed by atoms with Gasteiger partial charge in [-0.15, -0.1) is 23.5 Å². The van der Waals surface area contributed by atoms with Gasteiger partial charge in [-0.3, -0.25) is 10.0 Å². The minimum atomic E-state index is -0.548. The first-order valence-electron chi connectivity index (χ1n) is 6.53. The Bertz CT molecular complexity index is 506. The highest BCUT2D eigenvalue weighted by atomic mass is 32.2. The summed E-state index contributed by atoms with van der Waals surface area (Å²) in [4.78, 5) is 11.7. The zero-order valence-corrected chi connectivity index (χ0v) is 12.5. The van der Waals surface area contributed by atoms with Crippen molar-refractivity contribution in [2.75, 3.05) is 11.5 Å². The summed E-state index contributed by atoms with van der Waals surface area (Å²) in [5.41, 5.74) is 3.77. The number of hydrogen-bond acceptors (Lipinski definition) is 5. The molecule has 1 spiro atoms. The van der Waals surface area contributed by atoms with Crippen LogP contribution in [0.1, 0.15) is 46.7 Å². The van der Waals surface area contributed by atoms with Crippen LogP contribution < -0.4 is 5.48 Å². The van der Waals surface area contributed by atoms with Gasteiger partial charge in [0.15, 0.2) is 5.76 Å². The molecular weight excluding hydrogens is 282 g/mol. The Morgan fingerprint density at radius 2 is 2.11 bits per heavy atom. The first-order valence-corrected chi connectivity index (χ1v) is 8.50. The zero-order chi connectivity index (χ0) is 13.5. The van der Waals surface area contributed by atoms with Crippen LogP contribution in [0.15, 0.2) is 4.42 Å². The smallest absolute Gasteiger partial charge is 0.310 e. The van der Waals surface area contributed by atoms with Gasteiger partial charge >= 0.3 is 5.91 Å². The number of furan rings is 1. The standard InChI is InChI=1S/C13H17NO3S2/c1-8-10-9(17-11(8)12(15)14-16)4-2-5-13(10)18-6-3-7-19-13/h16H,2-7H2,1H3,(H,14,15). The highest BCUT2D eigenvalue weighted by Crippen LogP contribution is 2.58. The van der Waals surface area contributed by atoms with Crippen LogP contribution in [-0.2, 0) is 10.5 Å². The SMILES string of the molecule is Cc1c(C(=O)NO)oc2c1C1(CCC2)SCCCS1. The van der Waals surface area contributed by atoms with Gasteiger partial charge in [0, 0.05) is 17.5 Å². The first kappa shape index (κ1) is 13.4. The van der Waals surface area contributed by atoms with Gasteiger partial charge < -0.3 is 4.42 Å². The maximum atomic E-state index is 11.7. The van der Waals surface area contributed by atoms with Crippen LogP contribution >= 0.6 is 23.5 Å². The molecule has 1 amide bonds. The lowest BCUT2D eigenvalue weighted by molar-refractivity contribution is 0.0673. The molecule has 6 heteroatoms. The van der Waals surface area contributed by atoms with Crippen molar-refractivity contribution >= 4 is 29.4 Å². The molecule has 3 rings (SSSR count). The number of carbonyl (C=O) groups is 1. The third kappa shape index (κ3) is 2.10. The summed E-state index contributed by atoms with van der Waals surface area (Å²) in [6.07, 6.45) is 4.36. The molecule has 1 saturated heterocycles. The maximum Gasteiger partial charge on any atom is 0.310 e. The summed E-state index contributed by atoms with van der Waals surface area (Å²) in [6, 6.07) is 0. The lowest BCUT2D eigenvalue weighted by Gasteiger charge is -2.39. The van der Waals surface area contributed by atoms with Crippen LogP contribution in [-0.4, -0.2) is 22.6 Å². The van der Waals surface area contributed by atoms with E-state index < -0.39 is 5.91 Å². The molecule has 19 heavy (non-hydrogen) atoms. The van der Waals surface area contributed by atoms with Gasteiger partial charge in [-0.1, -0.05) is 0 Å². The van der Waals surface area contributed by atoms with E-state index in [1.54, 1.807) is 5.48 Å². The molecule has 104 valence electrons. The normalized spacial score (nSPS) is 21.2. The van der Waals surface area contributed by atoms with Gasteiger partial charge in [0.1, 0.15) is 5.76 Å². The Morgan fingerprint density at radius 1 is 1.37 bits per heavy atom. The second-order valence-corrected chi connectivity index (χ2v) is 8.00. The summed E-state index contributed by atoms with van der Waals surface area (Å²) in [5.74, 6) is 2.98. The van der Waals surface area contributed by atoms with E-state index in [4.69, 9.17) is 9.62 Å². The number of nitrogens with one attached hydrogen (secondary N) is 1. The van der Waals surface area contributed by atoms with Crippen molar-refractivity contribution in [1.82, 2.24) is 5.48 Å². The molecule has 0 aromatic carbocycles. The second-order valence-electron chi connectivity index (χ2n) is 4.95. The number of fused-ring (bicyclic) bond motifs is 2. The molecule has 1 aromatic heterocycles. The molecule has 2 aliphatic rings. The van der Waals surface area contributed by atoms with Crippen molar-refractivity contribution in [2.24, 2.45) is 0 Å². The lowest BCUT2D eigenvalue weighted by atomic mass is 9.94. The number of amides is 1. The highest BCUT2D eigenvalue weighted by molar-refractivity contribution is 8.18. The van der Waals surface area contributed by atoms with E-state index in [-0.39, 0.29) is 9.84 Å². The Labute approximate surface area is 120 Å². The summed E-state index contributed by atoms with van der Waals surface area (Å²) in [7, 11) is 0. The van der Waals surface area contributed by atoms with E-state index in [1.165, 1.54) is 23.5 Å². The van der Waals surface area contributed by atoms with Crippen molar-refractivity contribution in [1.29, 1.82) is 0 Å². The summed E-state index contributed by atoms with van der Waals surface area (Å²) in [6.45, 7) is 1.93. The molecule has 2 heterocycles.